The van der Waals surface area contributed by atoms with Crippen LogP contribution in [0, 0.1) is 0 Å². The van der Waals surface area contributed by atoms with Crippen LogP contribution in [0.3, 0.4) is 0 Å². The lowest BCUT2D eigenvalue weighted by molar-refractivity contribution is 0.103. The van der Waals surface area contributed by atoms with Crippen molar-refractivity contribution in [1.29, 1.82) is 0 Å². The fraction of sp³-hybridized carbons (Fsp3) is 0.190. The van der Waals surface area contributed by atoms with Crippen molar-refractivity contribution < 1.29 is 9.53 Å². The molecule has 5 heteroatoms. The summed E-state index contributed by atoms with van der Waals surface area (Å²) in [5, 5.41) is 5.43. The number of benzene rings is 2. The standard InChI is InChI=1S/C21H20ClNO2S/c1-14(2)16-7-9-17(10-8-16)23-21(24)20-11-15(13-26-20)12-25-19-6-4-3-5-18(19)22/h3-11,13-14H,12H2,1-2H3,(H,23,24). The van der Waals surface area contributed by atoms with E-state index in [0.29, 0.717) is 28.2 Å². The third kappa shape index (κ3) is 4.65. The second kappa shape index (κ2) is 8.39. The highest BCUT2D eigenvalue weighted by Crippen LogP contribution is 2.25. The van der Waals surface area contributed by atoms with Crippen LogP contribution < -0.4 is 10.1 Å². The van der Waals surface area contributed by atoms with Crippen LogP contribution in [0.4, 0.5) is 5.69 Å². The zero-order valence-corrected chi connectivity index (χ0v) is 16.2. The van der Waals surface area contributed by atoms with E-state index in [1.54, 1.807) is 6.07 Å². The summed E-state index contributed by atoms with van der Waals surface area (Å²) in [6.07, 6.45) is 0. The molecule has 1 heterocycles. The Labute approximate surface area is 162 Å². The summed E-state index contributed by atoms with van der Waals surface area (Å²) in [6, 6.07) is 17.1. The van der Waals surface area contributed by atoms with Crippen LogP contribution in [0.1, 0.15) is 40.6 Å². The van der Waals surface area contributed by atoms with E-state index in [-0.39, 0.29) is 5.91 Å². The number of hydrogen-bond acceptors (Lipinski definition) is 3. The molecule has 0 aliphatic rings. The number of halogens is 1. The quantitative estimate of drug-likeness (QED) is 0.536. The minimum atomic E-state index is -0.115. The number of anilines is 1. The molecule has 0 fully saturated rings. The van der Waals surface area contributed by atoms with Crippen LogP contribution in [-0.2, 0) is 6.61 Å². The van der Waals surface area contributed by atoms with Crippen LogP contribution in [0.2, 0.25) is 5.02 Å². The Balaban J connectivity index is 1.60. The average molecular weight is 386 g/mol. The molecule has 0 unspecified atom stereocenters. The van der Waals surface area contributed by atoms with Gasteiger partial charge in [-0.15, -0.1) is 11.3 Å². The molecule has 3 aromatic rings. The van der Waals surface area contributed by atoms with Gasteiger partial charge in [-0.3, -0.25) is 4.79 Å². The van der Waals surface area contributed by atoms with E-state index in [1.165, 1.54) is 16.9 Å². The first kappa shape index (κ1) is 18.5. The van der Waals surface area contributed by atoms with Gasteiger partial charge in [0.1, 0.15) is 12.4 Å². The number of amides is 1. The minimum absolute atomic E-state index is 0.115. The molecule has 3 nitrogen and oxygen atoms in total. The molecule has 0 atom stereocenters. The summed E-state index contributed by atoms with van der Waals surface area (Å²) in [5.74, 6) is 0.991. The predicted octanol–water partition coefficient (Wildman–Crippen LogP) is 6.36. The van der Waals surface area contributed by atoms with Gasteiger partial charge >= 0.3 is 0 Å². The molecule has 0 bridgehead atoms. The smallest absolute Gasteiger partial charge is 0.265 e. The van der Waals surface area contributed by atoms with Crippen molar-refractivity contribution in [1.82, 2.24) is 0 Å². The monoisotopic (exact) mass is 385 g/mol. The van der Waals surface area contributed by atoms with E-state index >= 15 is 0 Å². The first-order valence-corrected chi connectivity index (χ1v) is 9.65. The Kier molecular flexibility index (Phi) is 5.96. The molecule has 3 rings (SSSR count). The molecule has 0 spiro atoms. The van der Waals surface area contributed by atoms with Crippen LogP contribution in [0.25, 0.3) is 0 Å². The lowest BCUT2D eigenvalue weighted by atomic mass is 10.0. The zero-order chi connectivity index (χ0) is 18.5. The number of para-hydroxylation sites is 1. The van der Waals surface area contributed by atoms with Gasteiger partial charge in [-0.25, -0.2) is 0 Å². The Morgan fingerprint density at radius 2 is 1.88 bits per heavy atom. The number of carbonyl (C=O) groups is 1. The Bertz CT molecular complexity index is 887. The second-order valence-electron chi connectivity index (χ2n) is 6.27. The van der Waals surface area contributed by atoms with Crippen molar-refractivity contribution in [2.45, 2.75) is 26.4 Å². The molecule has 134 valence electrons. The van der Waals surface area contributed by atoms with Gasteiger partial charge < -0.3 is 10.1 Å². The van der Waals surface area contributed by atoms with Gasteiger partial charge in [0.25, 0.3) is 5.91 Å². The van der Waals surface area contributed by atoms with Gasteiger partial charge in [0.05, 0.1) is 9.90 Å². The molecule has 1 aromatic heterocycles. The van der Waals surface area contributed by atoms with Crippen molar-refractivity contribution in [2.24, 2.45) is 0 Å². The van der Waals surface area contributed by atoms with E-state index in [4.69, 9.17) is 16.3 Å². The van der Waals surface area contributed by atoms with Gasteiger partial charge in [0, 0.05) is 11.3 Å². The molecular weight excluding hydrogens is 366 g/mol. The van der Waals surface area contributed by atoms with Gasteiger partial charge in [-0.05, 0) is 47.2 Å². The second-order valence-corrected chi connectivity index (χ2v) is 7.59. The Morgan fingerprint density at radius 1 is 1.15 bits per heavy atom. The number of ether oxygens (including phenoxy) is 1. The number of rotatable bonds is 6. The highest BCUT2D eigenvalue weighted by molar-refractivity contribution is 7.12. The topological polar surface area (TPSA) is 38.3 Å². The summed E-state index contributed by atoms with van der Waals surface area (Å²) < 4.78 is 5.71. The van der Waals surface area contributed by atoms with Crippen LogP contribution >= 0.6 is 22.9 Å². The molecule has 1 amide bonds. The van der Waals surface area contributed by atoms with Gasteiger partial charge in [0.2, 0.25) is 0 Å². The molecule has 0 saturated heterocycles. The number of hydrogen-bond donors (Lipinski definition) is 1. The summed E-state index contributed by atoms with van der Waals surface area (Å²) >= 11 is 7.48. The molecule has 0 aliphatic carbocycles. The van der Waals surface area contributed by atoms with Crippen LogP contribution in [0.15, 0.2) is 60.0 Å². The first-order chi connectivity index (χ1) is 12.5. The van der Waals surface area contributed by atoms with E-state index in [2.05, 4.69) is 19.2 Å². The fourth-order valence-corrected chi connectivity index (χ4v) is 3.42. The number of thiophene rings is 1. The maximum absolute atomic E-state index is 12.4. The minimum Gasteiger partial charge on any atom is -0.487 e. The lowest BCUT2D eigenvalue weighted by Gasteiger charge is -2.08. The first-order valence-electron chi connectivity index (χ1n) is 8.39. The Hall–Kier alpha value is -2.30. The molecule has 1 N–H and O–H groups in total. The molecule has 0 aliphatic heterocycles. The summed E-state index contributed by atoms with van der Waals surface area (Å²) in [4.78, 5) is 13.1. The zero-order valence-electron chi connectivity index (χ0n) is 14.7. The number of nitrogens with one attached hydrogen (secondary N) is 1. The van der Waals surface area contributed by atoms with Crippen molar-refractivity contribution >= 4 is 34.5 Å². The number of carbonyl (C=O) groups excluding carboxylic acids is 1. The molecule has 2 aromatic carbocycles. The van der Waals surface area contributed by atoms with Gasteiger partial charge in [-0.2, -0.15) is 0 Å². The van der Waals surface area contributed by atoms with E-state index < -0.39 is 0 Å². The summed E-state index contributed by atoms with van der Waals surface area (Å²) in [5.41, 5.74) is 2.98. The normalized spacial score (nSPS) is 10.8. The highest BCUT2D eigenvalue weighted by atomic mass is 35.5. The fourth-order valence-electron chi connectivity index (χ4n) is 2.44. The largest absolute Gasteiger partial charge is 0.487 e. The van der Waals surface area contributed by atoms with Crippen LogP contribution in [-0.4, -0.2) is 5.91 Å². The summed E-state index contributed by atoms with van der Waals surface area (Å²) in [6.45, 7) is 4.66. The lowest BCUT2D eigenvalue weighted by Crippen LogP contribution is -2.10. The Morgan fingerprint density at radius 3 is 2.58 bits per heavy atom. The van der Waals surface area contributed by atoms with E-state index in [9.17, 15) is 4.79 Å². The highest BCUT2D eigenvalue weighted by Gasteiger charge is 2.11. The molecule has 0 radical (unpaired) electrons. The maximum Gasteiger partial charge on any atom is 0.265 e. The molecule has 0 saturated carbocycles. The SMILES string of the molecule is CC(C)c1ccc(NC(=O)c2cc(COc3ccccc3Cl)cs2)cc1. The molecule has 26 heavy (non-hydrogen) atoms. The average Bonchev–Trinajstić information content (AvgIpc) is 3.11. The van der Waals surface area contributed by atoms with Crippen LogP contribution in [0.5, 0.6) is 5.75 Å². The van der Waals surface area contributed by atoms with Crippen molar-refractivity contribution in [3.8, 4) is 5.75 Å². The predicted molar refractivity (Wildman–Crippen MR) is 109 cm³/mol. The van der Waals surface area contributed by atoms with Crippen molar-refractivity contribution in [2.75, 3.05) is 5.32 Å². The van der Waals surface area contributed by atoms with Gasteiger partial charge in [-0.1, -0.05) is 49.7 Å². The third-order valence-corrected chi connectivity index (χ3v) is 5.23. The van der Waals surface area contributed by atoms with E-state index in [1.807, 2.05) is 53.9 Å². The van der Waals surface area contributed by atoms with Crippen molar-refractivity contribution in [3.63, 3.8) is 0 Å². The summed E-state index contributed by atoms with van der Waals surface area (Å²) in [7, 11) is 0. The molecular formula is C21H20ClNO2S. The maximum atomic E-state index is 12.4. The third-order valence-electron chi connectivity index (χ3n) is 3.94. The van der Waals surface area contributed by atoms with E-state index in [0.717, 1.165) is 11.3 Å². The van der Waals surface area contributed by atoms with Gasteiger partial charge in [0.15, 0.2) is 0 Å². The van der Waals surface area contributed by atoms with Crippen molar-refractivity contribution in [3.05, 3.63) is 81.0 Å².